The molecule has 1 fully saturated rings. The molecular formula is C45H81O13P. The SMILES string of the molecule is CCCCCCCC/C=C/C/C=C/CCC(=O)OC(COC(=O)CCCCCCCCC/C=C/CCCCCCCC)COP(=O)(O)OC1C(O)C(O)C(O)[C@H](O)C1O. The van der Waals surface area contributed by atoms with E-state index in [1.165, 1.54) is 96.3 Å². The first-order valence-corrected chi connectivity index (χ1v) is 24.3. The Bertz CT molecular complexity index is 1180. The van der Waals surface area contributed by atoms with Crippen LogP contribution in [0.5, 0.6) is 0 Å². The summed E-state index contributed by atoms with van der Waals surface area (Å²) in [4.78, 5) is 35.6. The molecule has 0 saturated heterocycles. The van der Waals surface area contributed by atoms with Gasteiger partial charge in [0.15, 0.2) is 6.10 Å². The number of hydrogen-bond acceptors (Lipinski definition) is 12. The van der Waals surface area contributed by atoms with Crippen LogP contribution < -0.4 is 0 Å². The van der Waals surface area contributed by atoms with Crippen molar-refractivity contribution in [1.29, 1.82) is 0 Å². The van der Waals surface area contributed by atoms with Gasteiger partial charge in [0.05, 0.1) is 6.61 Å². The summed E-state index contributed by atoms with van der Waals surface area (Å²) < 4.78 is 33.4. The Balaban J connectivity index is 2.49. The van der Waals surface area contributed by atoms with Crippen LogP contribution in [-0.4, -0.2) is 98.3 Å². The molecule has 1 aliphatic rings. The lowest BCUT2D eigenvalue weighted by atomic mass is 9.85. The molecule has 13 nitrogen and oxygen atoms in total. The van der Waals surface area contributed by atoms with Crippen molar-refractivity contribution in [3.8, 4) is 0 Å². The van der Waals surface area contributed by atoms with Crippen LogP contribution in [0.15, 0.2) is 36.5 Å². The molecule has 1 aliphatic carbocycles. The molecular weight excluding hydrogens is 779 g/mol. The van der Waals surface area contributed by atoms with E-state index in [9.17, 15) is 44.6 Å². The van der Waals surface area contributed by atoms with Crippen molar-refractivity contribution in [2.45, 2.75) is 224 Å². The highest BCUT2D eigenvalue weighted by atomic mass is 31.2. The van der Waals surface area contributed by atoms with Gasteiger partial charge in [-0.25, -0.2) is 4.57 Å². The van der Waals surface area contributed by atoms with E-state index in [1.807, 2.05) is 12.2 Å². The highest BCUT2D eigenvalue weighted by Gasteiger charge is 2.51. The first kappa shape index (κ1) is 55.1. The van der Waals surface area contributed by atoms with Gasteiger partial charge in [0.2, 0.25) is 0 Å². The van der Waals surface area contributed by atoms with Crippen molar-refractivity contribution in [2.24, 2.45) is 0 Å². The topological polar surface area (TPSA) is 210 Å². The third-order valence-corrected chi connectivity index (χ3v) is 11.5. The average molecular weight is 861 g/mol. The Morgan fingerprint density at radius 3 is 1.46 bits per heavy atom. The molecule has 7 unspecified atom stereocenters. The maximum Gasteiger partial charge on any atom is 0.472 e. The summed E-state index contributed by atoms with van der Waals surface area (Å²) in [5, 5.41) is 50.1. The second kappa shape index (κ2) is 35.6. The van der Waals surface area contributed by atoms with Crippen molar-refractivity contribution < 1.29 is 63.1 Å². The van der Waals surface area contributed by atoms with Crippen molar-refractivity contribution >= 4 is 19.8 Å². The van der Waals surface area contributed by atoms with Gasteiger partial charge in [0.25, 0.3) is 0 Å². The molecule has 0 amide bonds. The lowest BCUT2D eigenvalue weighted by Gasteiger charge is -2.41. The van der Waals surface area contributed by atoms with Gasteiger partial charge in [0.1, 0.15) is 43.2 Å². The second-order valence-electron chi connectivity index (χ2n) is 15.9. The van der Waals surface area contributed by atoms with Crippen molar-refractivity contribution in [3.63, 3.8) is 0 Å². The molecule has 6 N–H and O–H groups in total. The van der Waals surface area contributed by atoms with Crippen LogP contribution in [0.3, 0.4) is 0 Å². The van der Waals surface area contributed by atoms with Crippen LogP contribution >= 0.6 is 7.82 Å². The van der Waals surface area contributed by atoms with E-state index in [2.05, 4.69) is 38.2 Å². The van der Waals surface area contributed by atoms with Crippen LogP contribution in [0.1, 0.15) is 181 Å². The number of carbonyl (C=O) groups excluding carboxylic acids is 2. The number of unbranched alkanes of at least 4 members (excludes halogenated alkanes) is 19. The Kier molecular flexibility index (Phi) is 33.3. The summed E-state index contributed by atoms with van der Waals surface area (Å²) in [5.41, 5.74) is 0. The molecule has 1 rings (SSSR count). The number of aliphatic hydroxyl groups is 5. The first-order chi connectivity index (χ1) is 28.4. The molecule has 0 radical (unpaired) electrons. The Morgan fingerprint density at radius 2 is 0.949 bits per heavy atom. The summed E-state index contributed by atoms with van der Waals surface area (Å²) in [6.07, 6.45) is 26.5. The zero-order valence-corrected chi connectivity index (χ0v) is 37.2. The molecule has 0 bridgehead atoms. The lowest BCUT2D eigenvalue weighted by Crippen LogP contribution is -2.64. The predicted molar refractivity (Wildman–Crippen MR) is 230 cm³/mol. The van der Waals surface area contributed by atoms with Gasteiger partial charge in [-0.15, -0.1) is 0 Å². The van der Waals surface area contributed by atoms with E-state index >= 15 is 0 Å². The minimum Gasteiger partial charge on any atom is -0.462 e. The van der Waals surface area contributed by atoms with Crippen LogP contribution in [0.2, 0.25) is 0 Å². The smallest absolute Gasteiger partial charge is 0.462 e. The van der Waals surface area contributed by atoms with E-state index in [0.717, 1.165) is 44.9 Å². The number of allylic oxidation sites excluding steroid dienone is 6. The molecule has 8 atom stereocenters. The van der Waals surface area contributed by atoms with E-state index in [-0.39, 0.29) is 12.8 Å². The average Bonchev–Trinajstić information content (AvgIpc) is 3.21. The number of ether oxygens (including phenoxy) is 2. The Hall–Kier alpha value is -1.93. The molecule has 0 aromatic carbocycles. The summed E-state index contributed by atoms with van der Waals surface area (Å²) >= 11 is 0. The molecule has 1 saturated carbocycles. The monoisotopic (exact) mass is 861 g/mol. The molecule has 0 spiro atoms. The highest BCUT2D eigenvalue weighted by molar-refractivity contribution is 7.47. The zero-order valence-electron chi connectivity index (χ0n) is 36.3. The maximum absolute atomic E-state index is 12.8. The molecule has 344 valence electrons. The minimum atomic E-state index is -5.13. The van der Waals surface area contributed by atoms with Crippen LogP contribution in [0.4, 0.5) is 0 Å². The van der Waals surface area contributed by atoms with Crippen LogP contribution in [0.25, 0.3) is 0 Å². The molecule has 0 aliphatic heterocycles. The number of phosphoric ester groups is 1. The standard InChI is InChI=1S/C45H81O13P/c1-3-5-7-9-11-13-15-17-18-19-20-22-23-25-27-29-31-33-38(46)55-35-37(36-56-59(53,54)58-45-43(51)41(49)40(48)42(50)44(45)52)57-39(47)34-32-30-28-26-24-21-16-14-12-10-8-6-4-2/h17-18,21,24,28,30,37,40-45,48-52H,3-16,19-20,22-23,25-27,29,31-36H2,1-2H3,(H,53,54)/b18-17+,24-21+,30-28+/t37?,40?,41-,42?,43?,44?,45?/m0/s1. The number of hydrogen-bond donors (Lipinski definition) is 6. The van der Waals surface area contributed by atoms with Gasteiger partial charge in [-0.05, 0) is 57.8 Å². The number of carbonyl (C=O) groups is 2. The van der Waals surface area contributed by atoms with Gasteiger partial charge in [-0.1, -0.05) is 147 Å². The fraction of sp³-hybridized carbons (Fsp3) is 0.822. The molecule has 0 heterocycles. The second-order valence-corrected chi connectivity index (χ2v) is 17.3. The van der Waals surface area contributed by atoms with Crippen LogP contribution in [0, 0.1) is 0 Å². The number of esters is 2. The lowest BCUT2D eigenvalue weighted by molar-refractivity contribution is -0.220. The predicted octanol–water partition coefficient (Wildman–Crippen LogP) is 8.61. The van der Waals surface area contributed by atoms with Gasteiger partial charge in [-0.3, -0.25) is 18.6 Å². The summed E-state index contributed by atoms with van der Waals surface area (Å²) in [6, 6.07) is 0. The number of aliphatic hydroxyl groups excluding tert-OH is 5. The third kappa shape index (κ3) is 28.3. The number of phosphoric acid groups is 1. The van der Waals surface area contributed by atoms with Gasteiger partial charge in [0, 0.05) is 12.8 Å². The summed E-state index contributed by atoms with van der Waals surface area (Å²) in [6.45, 7) is 3.23. The maximum atomic E-state index is 12.8. The quantitative estimate of drug-likeness (QED) is 0.0150. The van der Waals surface area contributed by atoms with Crippen LogP contribution in [-0.2, 0) is 32.7 Å². The Morgan fingerprint density at radius 1 is 0.525 bits per heavy atom. The molecule has 14 heteroatoms. The highest BCUT2D eigenvalue weighted by Crippen LogP contribution is 2.47. The fourth-order valence-corrected chi connectivity index (χ4v) is 7.72. The molecule has 0 aromatic rings. The minimum absolute atomic E-state index is 0.00970. The largest absolute Gasteiger partial charge is 0.472 e. The van der Waals surface area contributed by atoms with E-state index in [1.54, 1.807) is 0 Å². The van der Waals surface area contributed by atoms with Gasteiger partial charge >= 0.3 is 19.8 Å². The first-order valence-electron chi connectivity index (χ1n) is 22.8. The summed E-state index contributed by atoms with van der Waals surface area (Å²) in [5.74, 6) is -1.18. The van der Waals surface area contributed by atoms with E-state index in [0.29, 0.717) is 12.8 Å². The van der Waals surface area contributed by atoms with Crippen molar-refractivity contribution in [2.75, 3.05) is 13.2 Å². The molecule has 59 heavy (non-hydrogen) atoms. The Labute approximate surface area is 355 Å². The van der Waals surface area contributed by atoms with Crippen molar-refractivity contribution in [1.82, 2.24) is 0 Å². The zero-order chi connectivity index (χ0) is 43.6. The van der Waals surface area contributed by atoms with E-state index in [4.69, 9.17) is 18.5 Å². The van der Waals surface area contributed by atoms with Crippen molar-refractivity contribution in [3.05, 3.63) is 36.5 Å². The van der Waals surface area contributed by atoms with Gasteiger partial charge < -0.3 is 39.9 Å². The molecule has 0 aromatic heterocycles. The third-order valence-electron chi connectivity index (χ3n) is 10.5. The summed E-state index contributed by atoms with van der Waals surface area (Å²) in [7, 11) is -5.13. The van der Waals surface area contributed by atoms with E-state index < -0.39 is 75.7 Å². The van der Waals surface area contributed by atoms with Gasteiger partial charge in [-0.2, -0.15) is 0 Å². The fourth-order valence-electron chi connectivity index (χ4n) is 6.75. The number of rotatable bonds is 37. The normalized spacial score (nSPS) is 22.6.